The van der Waals surface area contributed by atoms with Crippen molar-refractivity contribution in [1.29, 1.82) is 0 Å². The van der Waals surface area contributed by atoms with Crippen molar-refractivity contribution in [3.8, 4) is 0 Å². The van der Waals surface area contributed by atoms with Crippen molar-refractivity contribution in [2.45, 2.75) is 31.7 Å². The summed E-state index contributed by atoms with van der Waals surface area (Å²) >= 11 is 1.55. The fraction of sp³-hybridized carbons (Fsp3) is 0.500. The first kappa shape index (κ1) is 16.5. The third-order valence-corrected chi connectivity index (χ3v) is 6.16. The van der Waals surface area contributed by atoms with Gasteiger partial charge in [-0.15, -0.1) is 11.3 Å². The van der Waals surface area contributed by atoms with E-state index in [9.17, 15) is 14.7 Å². The average molecular weight is 359 g/mol. The molecule has 25 heavy (non-hydrogen) atoms. The average Bonchev–Trinajstić information content (AvgIpc) is 3.01. The lowest BCUT2D eigenvalue weighted by Crippen LogP contribution is -2.52. The highest BCUT2D eigenvalue weighted by Crippen LogP contribution is 2.40. The Kier molecular flexibility index (Phi) is 4.21. The summed E-state index contributed by atoms with van der Waals surface area (Å²) in [6.45, 7) is 3.07. The topological polar surface area (TPSA) is 75.4 Å². The molecule has 2 bridgehead atoms. The normalized spacial score (nSPS) is 24.9. The van der Waals surface area contributed by atoms with Gasteiger partial charge in [-0.2, -0.15) is 0 Å². The van der Waals surface area contributed by atoms with Gasteiger partial charge in [-0.1, -0.05) is 6.07 Å². The van der Waals surface area contributed by atoms with Crippen LogP contribution in [0.3, 0.4) is 0 Å². The van der Waals surface area contributed by atoms with Crippen molar-refractivity contribution in [2.24, 2.45) is 5.92 Å². The fourth-order valence-electron chi connectivity index (χ4n) is 4.24. The zero-order chi connectivity index (χ0) is 17.6. The van der Waals surface area contributed by atoms with E-state index in [1.54, 1.807) is 28.0 Å². The maximum atomic E-state index is 12.7. The minimum Gasteiger partial charge on any atom is -0.394 e. The SMILES string of the molecule is Cc1nc(CC(=O)N2C[C@H]3C[C@@H](C2)[C@H](CO)n2c3cccc2=O)cs1. The Labute approximate surface area is 149 Å². The molecule has 0 saturated carbocycles. The zero-order valence-corrected chi connectivity index (χ0v) is 14.9. The van der Waals surface area contributed by atoms with Gasteiger partial charge in [0, 0.05) is 42.1 Å². The highest BCUT2D eigenvalue weighted by Gasteiger charge is 2.41. The zero-order valence-electron chi connectivity index (χ0n) is 14.1. The van der Waals surface area contributed by atoms with Gasteiger partial charge in [0.1, 0.15) is 0 Å². The van der Waals surface area contributed by atoms with Crippen LogP contribution in [0.4, 0.5) is 0 Å². The second-order valence-electron chi connectivity index (χ2n) is 6.93. The van der Waals surface area contributed by atoms with Crippen LogP contribution >= 0.6 is 11.3 Å². The van der Waals surface area contributed by atoms with E-state index in [1.165, 1.54) is 0 Å². The van der Waals surface area contributed by atoms with Crippen molar-refractivity contribution in [2.75, 3.05) is 19.7 Å². The van der Waals surface area contributed by atoms with E-state index in [0.717, 1.165) is 22.8 Å². The number of aryl methyl sites for hydroxylation is 1. The first-order valence-corrected chi connectivity index (χ1v) is 9.46. The van der Waals surface area contributed by atoms with Gasteiger partial charge in [0.15, 0.2) is 0 Å². The molecule has 4 heterocycles. The molecule has 132 valence electrons. The van der Waals surface area contributed by atoms with Crippen molar-refractivity contribution >= 4 is 17.2 Å². The Balaban J connectivity index is 1.60. The molecule has 1 N–H and O–H groups in total. The van der Waals surface area contributed by atoms with Crippen LogP contribution in [0, 0.1) is 12.8 Å². The number of aliphatic hydroxyl groups excluding tert-OH is 1. The van der Waals surface area contributed by atoms with Crippen molar-refractivity contribution in [1.82, 2.24) is 14.5 Å². The summed E-state index contributed by atoms with van der Waals surface area (Å²) in [5.41, 5.74) is 1.69. The van der Waals surface area contributed by atoms with Crippen LogP contribution in [0.15, 0.2) is 28.4 Å². The minimum absolute atomic E-state index is 0.0658. The minimum atomic E-state index is -0.253. The summed E-state index contributed by atoms with van der Waals surface area (Å²) in [4.78, 5) is 31.3. The number of carbonyl (C=O) groups is 1. The van der Waals surface area contributed by atoms with Crippen molar-refractivity contribution < 1.29 is 9.90 Å². The molecule has 1 amide bonds. The lowest BCUT2D eigenvalue weighted by Gasteiger charge is -2.46. The van der Waals surface area contributed by atoms with Crippen LogP contribution in [0.2, 0.25) is 0 Å². The quantitative estimate of drug-likeness (QED) is 0.897. The van der Waals surface area contributed by atoms with Crippen LogP contribution in [0.1, 0.15) is 34.8 Å². The number of nitrogens with zero attached hydrogens (tertiary/aromatic N) is 3. The number of amides is 1. The Hall–Kier alpha value is -1.99. The summed E-state index contributed by atoms with van der Waals surface area (Å²) in [5, 5.41) is 12.8. The Bertz CT molecular complexity index is 859. The van der Waals surface area contributed by atoms with E-state index in [-0.39, 0.29) is 36.0 Å². The largest absolute Gasteiger partial charge is 0.394 e. The number of fused-ring (bicyclic) bond motifs is 4. The molecule has 0 aromatic carbocycles. The van der Waals surface area contributed by atoms with Crippen LogP contribution < -0.4 is 5.56 Å². The summed E-state index contributed by atoms with van der Waals surface area (Å²) in [6.07, 6.45) is 1.23. The highest BCUT2D eigenvalue weighted by atomic mass is 32.1. The molecule has 2 aromatic rings. The number of aromatic nitrogens is 2. The molecule has 0 spiro atoms. The lowest BCUT2D eigenvalue weighted by molar-refractivity contribution is -0.133. The molecular formula is C18H21N3O3S. The van der Waals surface area contributed by atoms with Gasteiger partial charge in [-0.25, -0.2) is 4.98 Å². The van der Waals surface area contributed by atoms with Gasteiger partial charge in [-0.3, -0.25) is 9.59 Å². The Morgan fingerprint density at radius 2 is 2.24 bits per heavy atom. The Morgan fingerprint density at radius 1 is 1.40 bits per heavy atom. The van der Waals surface area contributed by atoms with E-state index in [4.69, 9.17) is 0 Å². The molecule has 2 aliphatic rings. The van der Waals surface area contributed by atoms with Crippen LogP contribution in [-0.2, 0) is 11.2 Å². The Morgan fingerprint density at radius 3 is 2.96 bits per heavy atom. The van der Waals surface area contributed by atoms with Crippen molar-refractivity contribution in [3.05, 3.63) is 50.3 Å². The number of aliphatic hydroxyl groups is 1. The fourth-order valence-corrected chi connectivity index (χ4v) is 4.85. The number of hydrogen-bond donors (Lipinski definition) is 1. The van der Waals surface area contributed by atoms with Gasteiger partial charge in [0.05, 0.1) is 29.8 Å². The number of rotatable bonds is 3. The monoisotopic (exact) mass is 359 g/mol. The predicted octanol–water partition coefficient (Wildman–Crippen LogP) is 1.34. The molecule has 0 unspecified atom stereocenters. The second-order valence-corrected chi connectivity index (χ2v) is 8.00. The lowest BCUT2D eigenvalue weighted by atomic mass is 9.78. The molecular weight excluding hydrogens is 338 g/mol. The van der Waals surface area contributed by atoms with Gasteiger partial charge >= 0.3 is 0 Å². The number of hydrogen-bond acceptors (Lipinski definition) is 5. The first-order chi connectivity index (χ1) is 12.1. The predicted molar refractivity (Wildman–Crippen MR) is 94.8 cm³/mol. The maximum Gasteiger partial charge on any atom is 0.251 e. The second kappa shape index (κ2) is 6.38. The van der Waals surface area contributed by atoms with Crippen LogP contribution in [0.25, 0.3) is 0 Å². The number of carbonyl (C=O) groups excluding carboxylic acids is 1. The first-order valence-electron chi connectivity index (χ1n) is 8.58. The molecule has 0 radical (unpaired) electrons. The van der Waals surface area contributed by atoms with E-state index in [0.29, 0.717) is 19.5 Å². The van der Waals surface area contributed by atoms with E-state index >= 15 is 0 Å². The number of likely N-dealkylation sites (tertiary alicyclic amines) is 1. The molecule has 1 fully saturated rings. The van der Waals surface area contributed by atoms with Gasteiger partial charge < -0.3 is 14.6 Å². The summed E-state index contributed by atoms with van der Waals surface area (Å²) in [6, 6.07) is 5.00. The molecule has 3 atom stereocenters. The highest BCUT2D eigenvalue weighted by molar-refractivity contribution is 7.09. The summed E-state index contributed by atoms with van der Waals surface area (Å²) in [7, 11) is 0. The van der Waals surface area contributed by atoms with E-state index in [1.807, 2.05) is 23.3 Å². The molecule has 4 rings (SSSR count). The van der Waals surface area contributed by atoms with Gasteiger partial charge in [0.2, 0.25) is 5.91 Å². The maximum absolute atomic E-state index is 12.7. The standard InChI is InChI=1S/C18H21N3O3S/c1-11-19-14(10-25-11)6-18(24)20-7-12-5-13(8-20)16(9-22)21-15(12)3-2-4-17(21)23/h2-4,10,12-13,16,22H,5-9H2,1H3/t12-,13+,16+/m1/s1. The number of piperidine rings is 1. The van der Waals surface area contributed by atoms with E-state index in [2.05, 4.69) is 4.98 Å². The van der Waals surface area contributed by atoms with Gasteiger partial charge in [0.25, 0.3) is 5.56 Å². The smallest absolute Gasteiger partial charge is 0.251 e. The molecule has 2 aromatic heterocycles. The molecule has 6 nitrogen and oxygen atoms in total. The molecule has 2 aliphatic heterocycles. The number of pyridine rings is 1. The van der Waals surface area contributed by atoms with Gasteiger partial charge in [-0.05, 0) is 19.4 Å². The third-order valence-electron chi connectivity index (χ3n) is 5.34. The molecule has 0 aliphatic carbocycles. The third kappa shape index (κ3) is 2.91. The molecule has 7 heteroatoms. The van der Waals surface area contributed by atoms with Crippen LogP contribution in [0.5, 0.6) is 0 Å². The number of thiazole rings is 1. The summed E-state index contributed by atoms with van der Waals surface area (Å²) in [5.74, 6) is 0.331. The van der Waals surface area contributed by atoms with Crippen molar-refractivity contribution in [3.63, 3.8) is 0 Å². The van der Waals surface area contributed by atoms with Crippen LogP contribution in [-0.4, -0.2) is 45.2 Å². The molecule has 1 saturated heterocycles. The van der Waals surface area contributed by atoms with E-state index < -0.39 is 0 Å². The summed E-state index contributed by atoms with van der Waals surface area (Å²) < 4.78 is 1.74.